The first-order valence-electron chi connectivity index (χ1n) is 6.01. The van der Waals surface area contributed by atoms with Crippen molar-refractivity contribution < 1.29 is 22.0 Å². The van der Waals surface area contributed by atoms with E-state index in [0.717, 1.165) is 12.1 Å². The summed E-state index contributed by atoms with van der Waals surface area (Å²) in [4.78, 5) is 11.8. The highest BCUT2D eigenvalue weighted by Crippen LogP contribution is 2.19. The van der Waals surface area contributed by atoms with E-state index in [2.05, 4.69) is 5.32 Å². The molecule has 1 saturated heterocycles. The second kappa shape index (κ2) is 5.35. The molecule has 110 valence electrons. The largest absolute Gasteiger partial charge is 0.396 e. The van der Waals surface area contributed by atoms with Gasteiger partial charge < -0.3 is 11.1 Å². The molecule has 1 aliphatic heterocycles. The van der Waals surface area contributed by atoms with E-state index >= 15 is 0 Å². The third-order valence-corrected chi connectivity index (χ3v) is 5.03. The van der Waals surface area contributed by atoms with Crippen LogP contribution in [0.25, 0.3) is 0 Å². The van der Waals surface area contributed by atoms with Crippen molar-refractivity contribution in [3.8, 4) is 0 Å². The van der Waals surface area contributed by atoms with E-state index in [1.165, 1.54) is 0 Å². The van der Waals surface area contributed by atoms with Gasteiger partial charge in [-0.3, -0.25) is 4.79 Å². The smallest absolute Gasteiger partial charge is 0.254 e. The van der Waals surface area contributed by atoms with E-state index in [0.29, 0.717) is 6.42 Å². The van der Waals surface area contributed by atoms with Gasteiger partial charge in [0, 0.05) is 6.54 Å². The van der Waals surface area contributed by atoms with E-state index < -0.39 is 38.6 Å². The van der Waals surface area contributed by atoms with Gasteiger partial charge in [-0.05, 0) is 24.5 Å². The maximum atomic E-state index is 13.6. The number of rotatable bonds is 3. The average molecular weight is 304 g/mol. The average Bonchev–Trinajstić information content (AvgIpc) is 2.70. The second-order valence-electron chi connectivity index (χ2n) is 4.84. The number of carbonyl (C=O) groups excluding carboxylic acids is 1. The second-order valence-corrected chi connectivity index (χ2v) is 7.06. The molecule has 1 aromatic carbocycles. The molecule has 1 unspecified atom stereocenters. The lowest BCUT2D eigenvalue weighted by atomic mass is 10.1. The Bertz CT molecular complexity index is 646. The van der Waals surface area contributed by atoms with Gasteiger partial charge in [0.25, 0.3) is 5.91 Å². The van der Waals surface area contributed by atoms with Gasteiger partial charge >= 0.3 is 0 Å². The van der Waals surface area contributed by atoms with Crippen molar-refractivity contribution in [1.82, 2.24) is 5.32 Å². The number of hydrogen-bond acceptors (Lipinski definition) is 4. The van der Waals surface area contributed by atoms with Crippen molar-refractivity contribution in [2.24, 2.45) is 5.92 Å². The van der Waals surface area contributed by atoms with Crippen LogP contribution in [0.15, 0.2) is 12.1 Å². The maximum Gasteiger partial charge on any atom is 0.254 e. The monoisotopic (exact) mass is 304 g/mol. The first kappa shape index (κ1) is 14.7. The SMILES string of the molecule is Nc1cc(F)cc(C(=O)NCC2CCS(=O)(=O)C2)c1F. The molecule has 3 N–H and O–H groups in total. The summed E-state index contributed by atoms with van der Waals surface area (Å²) in [6.07, 6.45) is 0.455. The minimum atomic E-state index is -3.03. The van der Waals surface area contributed by atoms with Crippen molar-refractivity contribution in [2.45, 2.75) is 6.42 Å². The fourth-order valence-corrected chi connectivity index (χ4v) is 4.00. The van der Waals surface area contributed by atoms with E-state index in [-0.39, 0.29) is 24.0 Å². The molecular formula is C12H14F2N2O3S. The molecule has 5 nitrogen and oxygen atoms in total. The van der Waals surface area contributed by atoms with Crippen molar-refractivity contribution in [2.75, 3.05) is 23.8 Å². The van der Waals surface area contributed by atoms with Crippen molar-refractivity contribution in [3.63, 3.8) is 0 Å². The fraction of sp³-hybridized carbons (Fsp3) is 0.417. The number of hydrogen-bond donors (Lipinski definition) is 2. The van der Waals surface area contributed by atoms with Gasteiger partial charge in [0.05, 0.1) is 22.8 Å². The molecular weight excluding hydrogens is 290 g/mol. The van der Waals surface area contributed by atoms with E-state index in [1.54, 1.807) is 0 Å². The topological polar surface area (TPSA) is 89.3 Å². The van der Waals surface area contributed by atoms with Gasteiger partial charge in [-0.1, -0.05) is 0 Å². The fourth-order valence-electron chi connectivity index (χ4n) is 2.14. The van der Waals surface area contributed by atoms with Crippen LogP contribution in [0.2, 0.25) is 0 Å². The molecule has 0 saturated carbocycles. The lowest BCUT2D eigenvalue weighted by Gasteiger charge is -2.11. The standard InChI is InChI=1S/C12H14F2N2O3S/c13-8-3-9(11(14)10(15)4-8)12(17)16-5-7-1-2-20(18,19)6-7/h3-4,7H,1-2,5-6,15H2,(H,16,17). The Hall–Kier alpha value is -1.70. The van der Waals surface area contributed by atoms with Crippen LogP contribution in [0.5, 0.6) is 0 Å². The zero-order chi connectivity index (χ0) is 14.9. The third-order valence-electron chi connectivity index (χ3n) is 3.19. The molecule has 0 aliphatic carbocycles. The minimum absolute atomic E-state index is 0.00104. The summed E-state index contributed by atoms with van der Waals surface area (Å²) in [7, 11) is -3.03. The van der Waals surface area contributed by atoms with Crippen LogP contribution in [0.1, 0.15) is 16.8 Å². The number of carbonyl (C=O) groups is 1. The molecule has 1 fully saturated rings. The highest BCUT2D eigenvalue weighted by Gasteiger charge is 2.28. The van der Waals surface area contributed by atoms with Gasteiger partial charge in [-0.2, -0.15) is 0 Å². The minimum Gasteiger partial charge on any atom is -0.396 e. The van der Waals surface area contributed by atoms with Crippen LogP contribution >= 0.6 is 0 Å². The summed E-state index contributed by atoms with van der Waals surface area (Å²) in [6, 6.07) is 1.54. The predicted octanol–water partition coefficient (Wildman–Crippen LogP) is 0.711. The Balaban J connectivity index is 2.03. The van der Waals surface area contributed by atoms with Crippen molar-refractivity contribution in [3.05, 3.63) is 29.3 Å². The molecule has 2 rings (SSSR count). The van der Waals surface area contributed by atoms with E-state index in [1.807, 2.05) is 0 Å². The number of halogens is 2. The van der Waals surface area contributed by atoms with Crippen LogP contribution in [0, 0.1) is 17.6 Å². The molecule has 1 aromatic rings. The van der Waals surface area contributed by atoms with Crippen LogP contribution in [-0.4, -0.2) is 32.4 Å². The van der Waals surface area contributed by atoms with Gasteiger partial charge in [0.2, 0.25) is 0 Å². The molecule has 1 heterocycles. The molecule has 0 radical (unpaired) electrons. The van der Waals surface area contributed by atoms with Crippen LogP contribution in [-0.2, 0) is 9.84 Å². The summed E-state index contributed by atoms with van der Waals surface area (Å²) in [5, 5.41) is 2.41. The summed E-state index contributed by atoms with van der Waals surface area (Å²) in [5.41, 5.74) is 4.31. The quantitative estimate of drug-likeness (QED) is 0.805. The number of nitrogen functional groups attached to an aromatic ring is 1. The first-order valence-corrected chi connectivity index (χ1v) is 7.84. The van der Waals surface area contributed by atoms with Gasteiger partial charge in [-0.25, -0.2) is 17.2 Å². The lowest BCUT2D eigenvalue weighted by molar-refractivity contribution is 0.0944. The maximum absolute atomic E-state index is 13.6. The molecule has 1 aliphatic rings. The zero-order valence-corrected chi connectivity index (χ0v) is 11.3. The molecule has 0 aromatic heterocycles. The number of benzene rings is 1. The van der Waals surface area contributed by atoms with Crippen LogP contribution in [0.3, 0.4) is 0 Å². The Morgan fingerprint density at radius 3 is 2.70 bits per heavy atom. The Morgan fingerprint density at radius 2 is 2.10 bits per heavy atom. The number of nitrogens with one attached hydrogen (secondary N) is 1. The van der Waals surface area contributed by atoms with E-state index in [4.69, 9.17) is 5.73 Å². The Kier molecular flexibility index (Phi) is 3.94. The highest BCUT2D eigenvalue weighted by atomic mass is 32.2. The van der Waals surface area contributed by atoms with Gasteiger partial charge in [0.1, 0.15) is 5.82 Å². The van der Waals surface area contributed by atoms with Crippen molar-refractivity contribution in [1.29, 1.82) is 0 Å². The summed E-state index contributed by atoms with van der Waals surface area (Å²) in [5.74, 6) is -2.70. The third kappa shape index (κ3) is 3.24. The summed E-state index contributed by atoms with van der Waals surface area (Å²) < 4.78 is 49.2. The summed E-state index contributed by atoms with van der Waals surface area (Å²) in [6.45, 7) is 0.105. The molecule has 1 amide bonds. The first-order chi connectivity index (χ1) is 9.28. The molecule has 20 heavy (non-hydrogen) atoms. The Morgan fingerprint density at radius 1 is 1.40 bits per heavy atom. The number of sulfone groups is 1. The zero-order valence-electron chi connectivity index (χ0n) is 10.5. The van der Waals surface area contributed by atoms with Crippen LogP contribution in [0.4, 0.5) is 14.5 Å². The predicted molar refractivity (Wildman–Crippen MR) is 69.9 cm³/mol. The number of anilines is 1. The summed E-state index contributed by atoms with van der Waals surface area (Å²) >= 11 is 0. The van der Waals surface area contributed by atoms with Crippen LogP contribution < -0.4 is 11.1 Å². The lowest BCUT2D eigenvalue weighted by Crippen LogP contribution is -2.30. The van der Waals surface area contributed by atoms with Gasteiger partial charge in [-0.15, -0.1) is 0 Å². The number of nitrogens with two attached hydrogens (primary N) is 1. The van der Waals surface area contributed by atoms with Gasteiger partial charge in [0.15, 0.2) is 15.7 Å². The molecule has 0 bridgehead atoms. The van der Waals surface area contributed by atoms with E-state index in [9.17, 15) is 22.0 Å². The Labute approximate surface area is 115 Å². The number of amides is 1. The molecule has 8 heteroatoms. The highest BCUT2D eigenvalue weighted by molar-refractivity contribution is 7.91. The molecule has 0 spiro atoms. The molecule has 1 atom stereocenters. The normalized spacial score (nSPS) is 20.8. The van der Waals surface area contributed by atoms with Crippen molar-refractivity contribution >= 4 is 21.4 Å².